The number of rotatable bonds is 3. The van der Waals surface area contributed by atoms with Gasteiger partial charge in [-0.15, -0.1) is 0 Å². The first kappa shape index (κ1) is 10.4. The molecule has 0 aromatic carbocycles. The lowest BCUT2D eigenvalue weighted by Gasteiger charge is -2.21. The zero-order valence-electron chi connectivity index (χ0n) is 7.61. The highest BCUT2D eigenvalue weighted by Crippen LogP contribution is 2.46. The number of amides is 2. The van der Waals surface area contributed by atoms with Crippen molar-refractivity contribution >= 4 is 19.7 Å². The summed E-state index contributed by atoms with van der Waals surface area (Å²) in [6.45, 7) is 3.92. The molecule has 0 aromatic rings. The van der Waals surface area contributed by atoms with Gasteiger partial charge < -0.3 is 10.3 Å². The van der Waals surface area contributed by atoms with Crippen molar-refractivity contribution in [1.82, 2.24) is 5.06 Å². The summed E-state index contributed by atoms with van der Waals surface area (Å²) in [6.07, 6.45) is 2.86. The SMILES string of the molecule is CCP(CC)C1=CC(=O)N([O-])C1=O. The Bertz CT molecular complexity index is 271. The van der Waals surface area contributed by atoms with Crippen LogP contribution in [0.2, 0.25) is 0 Å². The Labute approximate surface area is 77.9 Å². The van der Waals surface area contributed by atoms with Gasteiger partial charge in [-0.25, -0.2) is 0 Å². The van der Waals surface area contributed by atoms with Gasteiger partial charge in [-0.05, 0) is 12.3 Å². The molecule has 1 heterocycles. The monoisotopic (exact) mass is 200 g/mol. The van der Waals surface area contributed by atoms with Crippen molar-refractivity contribution in [3.8, 4) is 0 Å². The van der Waals surface area contributed by atoms with E-state index in [4.69, 9.17) is 0 Å². The molecule has 1 aliphatic rings. The van der Waals surface area contributed by atoms with Gasteiger partial charge in [0.2, 0.25) is 5.91 Å². The van der Waals surface area contributed by atoms with Crippen LogP contribution >= 0.6 is 7.92 Å². The molecule has 1 rings (SSSR count). The van der Waals surface area contributed by atoms with Crippen LogP contribution < -0.4 is 0 Å². The highest BCUT2D eigenvalue weighted by Gasteiger charge is 2.28. The van der Waals surface area contributed by atoms with E-state index in [1.165, 1.54) is 6.08 Å². The lowest BCUT2D eigenvalue weighted by Crippen LogP contribution is -2.24. The predicted octanol–water partition coefficient (Wildman–Crippen LogP) is 1.26. The Morgan fingerprint density at radius 2 is 1.92 bits per heavy atom. The first-order chi connectivity index (χ1) is 6.11. The number of imide groups is 1. The molecule has 0 bridgehead atoms. The van der Waals surface area contributed by atoms with Gasteiger partial charge in [0.05, 0.1) is 0 Å². The van der Waals surface area contributed by atoms with Gasteiger partial charge in [0, 0.05) is 11.4 Å². The van der Waals surface area contributed by atoms with Gasteiger partial charge in [-0.1, -0.05) is 21.8 Å². The third-order valence-electron chi connectivity index (χ3n) is 1.97. The van der Waals surface area contributed by atoms with Crippen molar-refractivity contribution in [2.24, 2.45) is 0 Å². The van der Waals surface area contributed by atoms with Gasteiger partial charge in [-0.2, -0.15) is 0 Å². The summed E-state index contributed by atoms with van der Waals surface area (Å²) in [5, 5.41) is 11.2. The first-order valence-electron chi connectivity index (χ1n) is 4.14. The highest BCUT2D eigenvalue weighted by molar-refractivity contribution is 7.63. The van der Waals surface area contributed by atoms with Crippen LogP contribution in [0, 0.1) is 5.21 Å². The molecular weight excluding hydrogens is 189 g/mol. The van der Waals surface area contributed by atoms with E-state index >= 15 is 0 Å². The Hall–Kier alpha value is -0.730. The van der Waals surface area contributed by atoms with E-state index < -0.39 is 19.7 Å². The van der Waals surface area contributed by atoms with Gasteiger partial charge >= 0.3 is 0 Å². The van der Waals surface area contributed by atoms with Crippen molar-refractivity contribution in [3.05, 3.63) is 16.6 Å². The van der Waals surface area contributed by atoms with E-state index in [2.05, 4.69) is 0 Å². The second-order valence-corrected chi connectivity index (χ2v) is 5.47. The van der Waals surface area contributed by atoms with Crippen molar-refractivity contribution in [2.75, 3.05) is 12.3 Å². The van der Waals surface area contributed by atoms with Gasteiger partial charge in [0.1, 0.15) is 0 Å². The minimum atomic E-state index is -0.727. The molecule has 2 amide bonds. The van der Waals surface area contributed by atoms with Crippen LogP contribution in [0.5, 0.6) is 0 Å². The lowest BCUT2D eigenvalue weighted by molar-refractivity contribution is -0.133. The number of hydrogen-bond donors (Lipinski definition) is 0. The van der Waals surface area contributed by atoms with Gasteiger partial charge in [0.15, 0.2) is 0 Å². The number of hydroxylamine groups is 2. The lowest BCUT2D eigenvalue weighted by atomic mass is 10.5. The van der Waals surface area contributed by atoms with Crippen molar-refractivity contribution < 1.29 is 9.59 Å². The van der Waals surface area contributed by atoms with Crippen molar-refractivity contribution in [3.63, 3.8) is 0 Å². The molecule has 0 aromatic heterocycles. The Morgan fingerprint density at radius 3 is 2.23 bits per heavy atom. The van der Waals surface area contributed by atoms with Crippen LogP contribution in [-0.2, 0) is 9.59 Å². The maximum Gasteiger partial charge on any atom is 0.250 e. The minimum Gasteiger partial charge on any atom is -0.749 e. The van der Waals surface area contributed by atoms with E-state index in [0.29, 0.717) is 5.31 Å². The number of nitrogens with zero attached hydrogens (tertiary/aromatic N) is 1. The minimum absolute atomic E-state index is 0.0595. The molecule has 0 atom stereocenters. The quantitative estimate of drug-likeness (QED) is 0.509. The van der Waals surface area contributed by atoms with E-state index in [1.807, 2.05) is 13.8 Å². The molecule has 5 heteroatoms. The van der Waals surface area contributed by atoms with E-state index in [0.717, 1.165) is 12.3 Å². The third kappa shape index (κ3) is 1.79. The molecule has 0 saturated carbocycles. The summed E-state index contributed by atoms with van der Waals surface area (Å²) in [6, 6.07) is 0. The van der Waals surface area contributed by atoms with Gasteiger partial charge in [-0.3, -0.25) is 9.59 Å². The fraction of sp³-hybridized carbons (Fsp3) is 0.500. The van der Waals surface area contributed by atoms with Gasteiger partial charge in [0.25, 0.3) is 5.91 Å². The molecule has 0 spiro atoms. The van der Waals surface area contributed by atoms with Crippen LogP contribution in [0.15, 0.2) is 11.4 Å². The Balaban J connectivity index is 2.87. The molecule has 4 nitrogen and oxygen atoms in total. The fourth-order valence-electron chi connectivity index (χ4n) is 1.23. The van der Waals surface area contributed by atoms with Crippen LogP contribution in [0.4, 0.5) is 0 Å². The molecular formula is C8H11NO3P-. The maximum atomic E-state index is 11.2. The average molecular weight is 200 g/mol. The first-order valence-corrected chi connectivity index (χ1v) is 5.85. The van der Waals surface area contributed by atoms with Crippen LogP contribution in [0.1, 0.15) is 13.8 Å². The Morgan fingerprint density at radius 1 is 1.38 bits per heavy atom. The highest BCUT2D eigenvalue weighted by atomic mass is 31.1. The molecule has 1 aliphatic heterocycles. The second-order valence-electron chi connectivity index (χ2n) is 2.64. The van der Waals surface area contributed by atoms with E-state index in [9.17, 15) is 14.8 Å². The standard InChI is InChI=1S/C8H11NO3P/c1-3-13(4-2)6-5-7(10)9(12)8(6)11/h5H,3-4H2,1-2H3/q-1. The largest absolute Gasteiger partial charge is 0.749 e. The zero-order valence-corrected chi connectivity index (χ0v) is 8.51. The number of carbonyl (C=O) groups excluding carboxylic acids is 2. The third-order valence-corrected chi connectivity index (χ3v) is 4.50. The molecule has 72 valence electrons. The van der Waals surface area contributed by atoms with Crippen molar-refractivity contribution in [1.29, 1.82) is 0 Å². The smallest absolute Gasteiger partial charge is 0.250 e. The van der Waals surface area contributed by atoms with Crippen LogP contribution in [0.25, 0.3) is 0 Å². The van der Waals surface area contributed by atoms with Crippen LogP contribution in [0.3, 0.4) is 0 Å². The molecule has 13 heavy (non-hydrogen) atoms. The average Bonchev–Trinajstić information content (AvgIpc) is 2.36. The summed E-state index contributed by atoms with van der Waals surface area (Å²) < 4.78 is 0. The van der Waals surface area contributed by atoms with Crippen molar-refractivity contribution in [2.45, 2.75) is 13.8 Å². The topological polar surface area (TPSA) is 60.4 Å². The zero-order chi connectivity index (χ0) is 10.0. The molecule has 0 saturated heterocycles. The molecule has 0 unspecified atom stereocenters. The summed E-state index contributed by atoms with van der Waals surface area (Å²) in [7, 11) is -0.601. The summed E-state index contributed by atoms with van der Waals surface area (Å²) in [4.78, 5) is 22.1. The predicted molar refractivity (Wildman–Crippen MR) is 51.3 cm³/mol. The molecule has 0 N–H and O–H groups in total. The van der Waals surface area contributed by atoms with E-state index in [-0.39, 0.29) is 5.06 Å². The maximum absolute atomic E-state index is 11.2. The summed E-state index contributed by atoms with van der Waals surface area (Å²) in [5.41, 5.74) is 0. The van der Waals surface area contributed by atoms with E-state index in [1.54, 1.807) is 0 Å². The molecule has 0 aliphatic carbocycles. The molecule has 0 fully saturated rings. The Kier molecular flexibility index (Phi) is 3.17. The summed E-state index contributed by atoms with van der Waals surface area (Å²) >= 11 is 0. The normalized spacial score (nSPS) is 17.2. The second kappa shape index (κ2) is 3.99. The van der Waals surface area contributed by atoms with Crippen LogP contribution in [-0.4, -0.2) is 29.2 Å². The number of hydrogen-bond acceptors (Lipinski definition) is 3. The summed E-state index contributed by atoms with van der Waals surface area (Å²) in [5.74, 6) is -1.38. The number of carbonyl (C=O) groups is 2. The fourth-order valence-corrected chi connectivity index (χ4v) is 3.02. The molecule has 0 radical (unpaired) electrons.